The van der Waals surface area contributed by atoms with Crippen molar-refractivity contribution in [2.75, 3.05) is 0 Å². The van der Waals surface area contributed by atoms with Crippen LogP contribution in [-0.2, 0) is 0 Å². The first-order valence-electron chi connectivity index (χ1n) is 9.40. The van der Waals surface area contributed by atoms with Crippen LogP contribution in [0.25, 0.3) is 16.7 Å². The van der Waals surface area contributed by atoms with Crippen molar-refractivity contribution < 1.29 is 4.39 Å². The lowest BCUT2D eigenvalue weighted by molar-refractivity contribution is 0.283. The molecule has 4 atom stereocenters. The summed E-state index contributed by atoms with van der Waals surface area (Å²) in [7, 11) is 0. The summed E-state index contributed by atoms with van der Waals surface area (Å²) < 4.78 is 14.9. The molecule has 0 unspecified atom stereocenters. The molecule has 0 spiro atoms. The lowest BCUT2D eigenvalue weighted by atomic mass is 9.58. The van der Waals surface area contributed by atoms with E-state index < -0.39 is 0 Å². The summed E-state index contributed by atoms with van der Waals surface area (Å²) in [5.74, 6) is 2.88. The highest BCUT2D eigenvalue weighted by Crippen LogP contribution is 2.67. The van der Waals surface area contributed by atoms with E-state index in [1.54, 1.807) is 6.07 Å². The third-order valence-corrected chi connectivity index (χ3v) is 6.70. The van der Waals surface area contributed by atoms with E-state index in [4.69, 9.17) is 0 Å². The fraction of sp³-hybridized carbons (Fsp3) is 0.333. The highest BCUT2D eigenvalue weighted by atomic mass is 19.1. The maximum atomic E-state index is 14.9. The highest BCUT2D eigenvalue weighted by Gasteiger charge is 2.56. The molecule has 0 aromatic heterocycles. The van der Waals surface area contributed by atoms with Crippen LogP contribution in [0, 0.1) is 29.5 Å². The summed E-state index contributed by atoms with van der Waals surface area (Å²) in [5, 5.41) is 0. The van der Waals surface area contributed by atoms with Gasteiger partial charge in [-0.25, -0.2) is 4.39 Å². The summed E-state index contributed by atoms with van der Waals surface area (Å²) in [6.45, 7) is 6.35. The van der Waals surface area contributed by atoms with Crippen molar-refractivity contribution in [2.24, 2.45) is 23.7 Å². The third-order valence-electron chi connectivity index (χ3n) is 6.70. The van der Waals surface area contributed by atoms with Gasteiger partial charge < -0.3 is 0 Å². The Labute approximate surface area is 149 Å². The van der Waals surface area contributed by atoms with Crippen molar-refractivity contribution >= 4 is 5.57 Å². The van der Waals surface area contributed by atoms with Gasteiger partial charge in [0.05, 0.1) is 0 Å². The van der Waals surface area contributed by atoms with Gasteiger partial charge in [0, 0.05) is 5.56 Å². The molecule has 5 rings (SSSR count). The molecular formula is C24H23F. The topological polar surface area (TPSA) is 0 Å². The van der Waals surface area contributed by atoms with E-state index in [2.05, 4.69) is 19.6 Å². The van der Waals surface area contributed by atoms with Gasteiger partial charge in [-0.15, -0.1) is 0 Å². The van der Waals surface area contributed by atoms with Crippen LogP contribution in [0.5, 0.6) is 0 Å². The van der Waals surface area contributed by atoms with E-state index in [1.165, 1.54) is 36.0 Å². The van der Waals surface area contributed by atoms with E-state index in [-0.39, 0.29) is 5.82 Å². The minimum absolute atomic E-state index is 0.121. The summed E-state index contributed by atoms with van der Waals surface area (Å²) in [6.07, 6.45) is 4.08. The number of allylic oxidation sites excluding steroid dienone is 3. The first kappa shape index (κ1) is 15.1. The number of benzene rings is 2. The average Bonchev–Trinajstić information content (AvgIpc) is 3.13. The zero-order chi connectivity index (χ0) is 17.1. The van der Waals surface area contributed by atoms with Crippen molar-refractivity contribution in [3.8, 4) is 11.1 Å². The van der Waals surface area contributed by atoms with Crippen molar-refractivity contribution in [2.45, 2.75) is 26.2 Å². The third kappa shape index (κ3) is 2.11. The Morgan fingerprint density at radius 1 is 0.960 bits per heavy atom. The van der Waals surface area contributed by atoms with Crippen LogP contribution < -0.4 is 0 Å². The standard InChI is InChI=1S/C24H23F/c1-14(2)21-22-16-8-9-17(12-16)24(22)23(21)18-10-11-19(20(25)13-18)15-6-4-3-5-7-15/h3-7,10-11,13,16-17,22,24H,1,8-9,12H2,2H3/t16-,17+,22-,24-/m1/s1. The minimum Gasteiger partial charge on any atom is -0.206 e. The van der Waals surface area contributed by atoms with E-state index in [9.17, 15) is 4.39 Å². The predicted octanol–water partition coefficient (Wildman–Crippen LogP) is 6.50. The Morgan fingerprint density at radius 2 is 1.68 bits per heavy atom. The van der Waals surface area contributed by atoms with Gasteiger partial charge in [-0.1, -0.05) is 54.6 Å². The van der Waals surface area contributed by atoms with E-state index in [1.807, 2.05) is 36.4 Å². The van der Waals surface area contributed by atoms with Gasteiger partial charge >= 0.3 is 0 Å². The molecule has 0 nitrogen and oxygen atoms in total. The number of halogens is 1. The highest BCUT2D eigenvalue weighted by molar-refractivity contribution is 5.83. The molecule has 2 bridgehead atoms. The molecule has 0 amide bonds. The van der Waals surface area contributed by atoms with Crippen LogP contribution in [0.15, 0.2) is 66.3 Å². The molecule has 0 radical (unpaired) electrons. The SMILES string of the molecule is C=C(C)C1=C(c2ccc(-c3ccccc3)c(F)c2)[C@@H]2[C@H]3CC[C@H](C3)[C@H]12. The second-order valence-electron chi connectivity index (χ2n) is 8.05. The number of rotatable bonds is 3. The molecular weight excluding hydrogens is 307 g/mol. The molecule has 2 aromatic rings. The zero-order valence-electron chi connectivity index (χ0n) is 14.6. The maximum absolute atomic E-state index is 14.9. The molecule has 0 aliphatic heterocycles. The molecule has 25 heavy (non-hydrogen) atoms. The molecule has 0 heterocycles. The van der Waals surface area contributed by atoms with Gasteiger partial charge in [0.1, 0.15) is 5.82 Å². The van der Waals surface area contributed by atoms with Gasteiger partial charge in [-0.3, -0.25) is 0 Å². The monoisotopic (exact) mass is 330 g/mol. The van der Waals surface area contributed by atoms with Crippen LogP contribution in [-0.4, -0.2) is 0 Å². The van der Waals surface area contributed by atoms with Crippen molar-refractivity contribution in [3.63, 3.8) is 0 Å². The van der Waals surface area contributed by atoms with Crippen LogP contribution in [0.3, 0.4) is 0 Å². The van der Waals surface area contributed by atoms with Crippen LogP contribution >= 0.6 is 0 Å². The summed E-state index contributed by atoms with van der Waals surface area (Å²) >= 11 is 0. The van der Waals surface area contributed by atoms with Gasteiger partial charge in [0.2, 0.25) is 0 Å². The lowest BCUT2D eigenvalue weighted by Gasteiger charge is -2.46. The molecule has 0 N–H and O–H groups in total. The molecule has 2 fully saturated rings. The second-order valence-corrected chi connectivity index (χ2v) is 8.05. The Kier molecular flexibility index (Phi) is 3.28. The van der Waals surface area contributed by atoms with Crippen LogP contribution in [0.1, 0.15) is 31.7 Å². The largest absolute Gasteiger partial charge is 0.206 e. The number of hydrogen-bond donors (Lipinski definition) is 0. The lowest BCUT2D eigenvalue weighted by Crippen LogP contribution is -2.35. The van der Waals surface area contributed by atoms with E-state index in [0.29, 0.717) is 17.4 Å². The fourth-order valence-electron chi connectivity index (χ4n) is 5.78. The van der Waals surface area contributed by atoms with Crippen molar-refractivity contribution in [1.29, 1.82) is 0 Å². The first-order valence-corrected chi connectivity index (χ1v) is 9.40. The summed E-state index contributed by atoms with van der Waals surface area (Å²) in [6, 6.07) is 15.6. The summed E-state index contributed by atoms with van der Waals surface area (Å²) in [5.41, 5.74) is 6.70. The quantitative estimate of drug-likeness (QED) is 0.602. The Balaban J connectivity index is 1.58. The molecule has 3 aliphatic rings. The van der Waals surface area contributed by atoms with Crippen LogP contribution in [0.4, 0.5) is 4.39 Å². The van der Waals surface area contributed by atoms with Gasteiger partial charge in [0.15, 0.2) is 0 Å². The second kappa shape index (κ2) is 5.42. The predicted molar refractivity (Wildman–Crippen MR) is 101 cm³/mol. The molecule has 1 heteroatoms. The van der Waals surface area contributed by atoms with Gasteiger partial charge in [-0.2, -0.15) is 0 Å². The Hall–Kier alpha value is -2.15. The number of fused-ring (bicyclic) bond motifs is 5. The average molecular weight is 330 g/mol. The van der Waals surface area contributed by atoms with Crippen molar-refractivity contribution in [3.05, 3.63) is 77.6 Å². The molecule has 126 valence electrons. The first-order chi connectivity index (χ1) is 12.1. The minimum atomic E-state index is -0.121. The Morgan fingerprint density at radius 3 is 2.36 bits per heavy atom. The van der Waals surface area contributed by atoms with Gasteiger partial charge in [-0.05, 0) is 78.2 Å². The van der Waals surface area contributed by atoms with Crippen LogP contribution in [0.2, 0.25) is 0 Å². The fourth-order valence-corrected chi connectivity index (χ4v) is 5.78. The normalized spacial score (nSPS) is 29.5. The molecule has 0 saturated heterocycles. The Bertz CT molecular complexity index is 890. The van der Waals surface area contributed by atoms with Gasteiger partial charge in [0.25, 0.3) is 0 Å². The zero-order valence-corrected chi connectivity index (χ0v) is 14.6. The smallest absolute Gasteiger partial charge is 0.131 e. The molecule has 2 aromatic carbocycles. The molecule has 2 saturated carbocycles. The summed E-state index contributed by atoms with van der Waals surface area (Å²) in [4.78, 5) is 0. The van der Waals surface area contributed by atoms with E-state index >= 15 is 0 Å². The maximum Gasteiger partial charge on any atom is 0.131 e. The molecule has 3 aliphatic carbocycles. The van der Waals surface area contributed by atoms with Crippen molar-refractivity contribution in [1.82, 2.24) is 0 Å². The van der Waals surface area contributed by atoms with E-state index in [0.717, 1.165) is 23.0 Å². The number of hydrogen-bond acceptors (Lipinski definition) is 0.